The number of carbonyl (C=O) groups is 2. The van der Waals surface area contributed by atoms with Crippen molar-refractivity contribution in [3.63, 3.8) is 0 Å². The Kier molecular flexibility index (Phi) is 6.75. The molecule has 2 aromatic heterocycles. The number of nitrogens with one attached hydrogen (secondary N) is 1. The van der Waals surface area contributed by atoms with E-state index in [0.29, 0.717) is 43.9 Å². The molecule has 0 saturated carbocycles. The smallest absolute Gasteiger partial charge is 0.228 e. The molecule has 0 radical (unpaired) electrons. The van der Waals surface area contributed by atoms with Crippen molar-refractivity contribution in [2.24, 2.45) is 0 Å². The van der Waals surface area contributed by atoms with E-state index in [1.165, 1.54) is 5.56 Å². The molecule has 0 unspecified atom stereocenters. The molecule has 0 bridgehead atoms. The van der Waals surface area contributed by atoms with Crippen molar-refractivity contribution >= 4 is 24.0 Å². The molecule has 3 aromatic rings. The lowest BCUT2D eigenvalue weighted by molar-refractivity contribution is -0.139. The second-order valence-corrected chi connectivity index (χ2v) is 8.27. The average molecular weight is 451 g/mol. The summed E-state index contributed by atoms with van der Waals surface area (Å²) in [5.74, 6) is 0.829. The van der Waals surface area contributed by atoms with Crippen molar-refractivity contribution in [2.75, 3.05) is 26.2 Å². The van der Waals surface area contributed by atoms with Gasteiger partial charge in [-0.15, -0.1) is 0 Å². The van der Waals surface area contributed by atoms with Crippen LogP contribution in [0.1, 0.15) is 17.7 Å². The van der Waals surface area contributed by atoms with Crippen LogP contribution in [0.3, 0.4) is 0 Å². The maximum absolute atomic E-state index is 12.8. The highest BCUT2D eigenvalue weighted by atomic mass is 32.1. The maximum atomic E-state index is 12.8. The van der Waals surface area contributed by atoms with Gasteiger partial charge in [-0.05, 0) is 31.3 Å². The van der Waals surface area contributed by atoms with E-state index in [4.69, 9.17) is 12.2 Å². The summed E-state index contributed by atoms with van der Waals surface area (Å²) >= 11 is 5.38. The summed E-state index contributed by atoms with van der Waals surface area (Å²) < 4.78 is 2.36. The minimum atomic E-state index is 0.0447. The van der Waals surface area contributed by atoms with Gasteiger partial charge in [-0.3, -0.25) is 24.2 Å². The molecule has 4 rings (SSSR count). The van der Waals surface area contributed by atoms with E-state index >= 15 is 0 Å². The lowest BCUT2D eigenvalue weighted by Crippen LogP contribution is -2.51. The Labute approximate surface area is 191 Å². The Bertz CT molecular complexity index is 1130. The summed E-state index contributed by atoms with van der Waals surface area (Å²) in [6.07, 6.45) is 2.31. The number of H-pyrrole nitrogens is 1. The molecule has 9 heteroatoms. The van der Waals surface area contributed by atoms with Crippen LogP contribution in [0.5, 0.6) is 0 Å². The number of pyridine rings is 1. The van der Waals surface area contributed by atoms with E-state index in [2.05, 4.69) is 15.2 Å². The monoisotopic (exact) mass is 450 g/mol. The zero-order chi connectivity index (χ0) is 22.5. The number of nitrogens with zero attached hydrogens (tertiary/aromatic N) is 5. The SMILES string of the molecule is Cc1ccc(-c2n[nH]c(=S)n2CCC(=O)N2CCN(C(=O)Cc3ccccn3)CC2)cc1. The van der Waals surface area contributed by atoms with E-state index in [0.717, 1.165) is 17.1 Å². The molecular formula is C23H26N6O2S. The lowest BCUT2D eigenvalue weighted by Gasteiger charge is -2.35. The third-order valence-electron chi connectivity index (χ3n) is 5.66. The van der Waals surface area contributed by atoms with Gasteiger partial charge in [-0.1, -0.05) is 35.9 Å². The van der Waals surface area contributed by atoms with Crippen LogP contribution in [0.25, 0.3) is 11.4 Å². The summed E-state index contributed by atoms with van der Waals surface area (Å²) in [4.78, 5) is 33.2. The van der Waals surface area contributed by atoms with Gasteiger partial charge < -0.3 is 9.80 Å². The van der Waals surface area contributed by atoms with Gasteiger partial charge in [-0.25, -0.2) is 0 Å². The van der Waals surface area contributed by atoms with Crippen LogP contribution >= 0.6 is 12.2 Å². The van der Waals surface area contributed by atoms with Gasteiger partial charge in [0.15, 0.2) is 10.6 Å². The first-order chi connectivity index (χ1) is 15.5. The zero-order valence-electron chi connectivity index (χ0n) is 18.0. The molecule has 1 fully saturated rings. The Morgan fingerprint density at radius 3 is 2.34 bits per heavy atom. The molecule has 1 saturated heterocycles. The van der Waals surface area contributed by atoms with Gasteiger partial charge in [0.1, 0.15) is 0 Å². The third kappa shape index (κ3) is 5.11. The van der Waals surface area contributed by atoms with E-state index in [1.807, 2.05) is 58.9 Å². The van der Waals surface area contributed by atoms with Crippen molar-refractivity contribution in [1.82, 2.24) is 29.5 Å². The predicted octanol–water partition coefficient (Wildman–Crippen LogP) is 2.61. The number of hydrogen-bond donors (Lipinski definition) is 1. The van der Waals surface area contributed by atoms with E-state index in [-0.39, 0.29) is 18.2 Å². The van der Waals surface area contributed by atoms with Crippen molar-refractivity contribution in [3.05, 3.63) is 64.7 Å². The first-order valence-electron chi connectivity index (χ1n) is 10.7. The van der Waals surface area contributed by atoms with Crippen LogP contribution < -0.4 is 0 Å². The zero-order valence-corrected chi connectivity index (χ0v) is 18.8. The second-order valence-electron chi connectivity index (χ2n) is 7.88. The normalized spacial score (nSPS) is 13.9. The van der Waals surface area contributed by atoms with Gasteiger partial charge in [0.25, 0.3) is 0 Å². The van der Waals surface area contributed by atoms with Crippen molar-refractivity contribution < 1.29 is 9.59 Å². The summed E-state index contributed by atoms with van der Waals surface area (Å²) in [7, 11) is 0. The highest BCUT2D eigenvalue weighted by Crippen LogP contribution is 2.18. The first-order valence-corrected chi connectivity index (χ1v) is 11.1. The van der Waals surface area contributed by atoms with Gasteiger partial charge >= 0.3 is 0 Å². The quantitative estimate of drug-likeness (QED) is 0.584. The molecule has 1 N–H and O–H groups in total. The molecule has 0 spiro atoms. The van der Waals surface area contributed by atoms with Crippen LogP contribution in [-0.2, 0) is 22.6 Å². The van der Waals surface area contributed by atoms with Gasteiger partial charge in [-0.2, -0.15) is 5.10 Å². The minimum absolute atomic E-state index is 0.0447. The van der Waals surface area contributed by atoms with E-state index < -0.39 is 0 Å². The number of benzene rings is 1. The molecule has 1 aliphatic rings. The summed E-state index contributed by atoms with van der Waals surface area (Å²) in [5, 5.41) is 7.17. The van der Waals surface area contributed by atoms with Gasteiger partial charge in [0.2, 0.25) is 11.8 Å². The van der Waals surface area contributed by atoms with Crippen LogP contribution in [-0.4, -0.2) is 67.5 Å². The number of piperazine rings is 1. The number of hydrogen-bond acceptors (Lipinski definition) is 5. The molecule has 166 valence electrons. The van der Waals surface area contributed by atoms with Crippen molar-refractivity contribution in [1.29, 1.82) is 0 Å². The largest absolute Gasteiger partial charge is 0.339 e. The highest BCUT2D eigenvalue weighted by molar-refractivity contribution is 7.71. The third-order valence-corrected chi connectivity index (χ3v) is 5.97. The number of aromatic nitrogens is 4. The fourth-order valence-corrected chi connectivity index (χ4v) is 4.01. The van der Waals surface area contributed by atoms with Gasteiger partial charge in [0, 0.05) is 56.6 Å². The topological polar surface area (TPSA) is 87.1 Å². The molecule has 8 nitrogen and oxygen atoms in total. The fourth-order valence-electron chi connectivity index (χ4n) is 3.79. The average Bonchev–Trinajstić information content (AvgIpc) is 3.19. The Balaban J connectivity index is 1.31. The van der Waals surface area contributed by atoms with Crippen LogP contribution in [0, 0.1) is 11.7 Å². The number of carbonyl (C=O) groups excluding carboxylic acids is 2. The van der Waals surface area contributed by atoms with Gasteiger partial charge in [0.05, 0.1) is 6.42 Å². The van der Waals surface area contributed by atoms with E-state index in [1.54, 1.807) is 11.1 Å². The predicted molar refractivity (Wildman–Crippen MR) is 123 cm³/mol. The van der Waals surface area contributed by atoms with Crippen LogP contribution in [0.15, 0.2) is 48.7 Å². The van der Waals surface area contributed by atoms with Crippen molar-refractivity contribution in [3.8, 4) is 11.4 Å². The Hall–Kier alpha value is -3.33. The maximum Gasteiger partial charge on any atom is 0.228 e. The highest BCUT2D eigenvalue weighted by Gasteiger charge is 2.24. The number of aryl methyl sites for hydroxylation is 1. The fraction of sp³-hybridized carbons (Fsp3) is 0.348. The molecule has 1 aliphatic heterocycles. The lowest BCUT2D eigenvalue weighted by atomic mass is 10.1. The summed E-state index contributed by atoms with van der Waals surface area (Å²) in [6.45, 7) is 4.64. The molecule has 1 aromatic carbocycles. The first kappa shape index (κ1) is 21.9. The molecule has 32 heavy (non-hydrogen) atoms. The number of aromatic amines is 1. The Morgan fingerprint density at radius 1 is 1.00 bits per heavy atom. The number of rotatable bonds is 6. The minimum Gasteiger partial charge on any atom is -0.339 e. The summed E-state index contributed by atoms with van der Waals surface area (Å²) in [6, 6.07) is 13.6. The van der Waals surface area contributed by atoms with E-state index in [9.17, 15) is 9.59 Å². The summed E-state index contributed by atoms with van der Waals surface area (Å²) in [5.41, 5.74) is 2.88. The van der Waals surface area contributed by atoms with Crippen molar-refractivity contribution in [2.45, 2.75) is 26.3 Å². The second kappa shape index (κ2) is 9.86. The Morgan fingerprint density at radius 2 is 1.69 bits per heavy atom. The van der Waals surface area contributed by atoms with Crippen LogP contribution in [0.2, 0.25) is 0 Å². The van der Waals surface area contributed by atoms with Crippen LogP contribution in [0.4, 0.5) is 0 Å². The molecule has 3 heterocycles. The molecule has 0 aliphatic carbocycles. The molecular weight excluding hydrogens is 424 g/mol. The number of amides is 2. The molecule has 2 amide bonds. The standard InChI is InChI=1S/C23H26N6O2S/c1-17-5-7-18(8-6-17)22-25-26-23(32)29(22)11-9-20(30)27-12-14-28(15-13-27)21(31)16-19-4-2-3-10-24-19/h2-8,10H,9,11-16H2,1H3,(H,26,32). The molecule has 0 atom stereocenters.